The molecule has 0 saturated carbocycles. The number of rotatable bonds is 4. The fourth-order valence-electron chi connectivity index (χ4n) is 6.26. The van der Waals surface area contributed by atoms with Crippen LogP contribution in [-0.2, 0) is 15.0 Å². The Labute approximate surface area is 207 Å². The van der Waals surface area contributed by atoms with Gasteiger partial charge in [0.15, 0.2) is 17.3 Å². The molecule has 3 N–H and O–H groups in total. The van der Waals surface area contributed by atoms with Gasteiger partial charge in [0.25, 0.3) is 0 Å². The first-order valence-corrected chi connectivity index (χ1v) is 11.7. The lowest BCUT2D eigenvalue weighted by molar-refractivity contribution is -0.991. The Balaban J connectivity index is 1.64. The van der Waals surface area contributed by atoms with E-state index < -0.39 is 34.4 Å². The number of anilines is 2. The van der Waals surface area contributed by atoms with Gasteiger partial charge in [-0.25, -0.2) is 5.21 Å². The highest BCUT2D eigenvalue weighted by Crippen LogP contribution is 2.57. The van der Waals surface area contributed by atoms with Gasteiger partial charge in [0, 0.05) is 29.1 Å². The largest absolute Gasteiger partial charge is 0.595 e. The summed E-state index contributed by atoms with van der Waals surface area (Å²) in [6.07, 6.45) is 3.84. The van der Waals surface area contributed by atoms with Crippen LogP contribution in [0, 0.1) is 11.1 Å². The minimum Gasteiger partial charge on any atom is -0.595 e. The summed E-state index contributed by atoms with van der Waals surface area (Å²) in [7, 11) is 0. The molecule has 1 saturated heterocycles. The van der Waals surface area contributed by atoms with Crippen molar-refractivity contribution in [2.45, 2.75) is 24.4 Å². The first kappa shape index (κ1) is 22.4. The molecule has 1 amide bonds. The number of carbonyl (C=O) groups excluding carboxylic acids is 3. The summed E-state index contributed by atoms with van der Waals surface area (Å²) in [6, 6.07) is 19.1. The van der Waals surface area contributed by atoms with Gasteiger partial charge in [-0.3, -0.25) is 14.4 Å². The van der Waals surface area contributed by atoms with E-state index in [0.29, 0.717) is 11.3 Å². The van der Waals surface area contributed by atoms with Crippen LogP contribution in [-0.4, -0.2) is 34.8 Å². The lowest BCUT2D eigenvalue weighted by Gasteiger charge is -2.37. The van der Waals surface area contributed by atoms with E-state index in [9.17, 15) is 24.8 Å². The molecule has 3 aromatic rings. The van der Waals surface area contributed by atoms with E-state index in [1.165, 1.54) is 25.1 Å². The molecule has 1 spiro atoms. The van der Waals surface area contributed by atoms with Gasteiger partial charge in [-0.15, -0.1) is 0 Å². The molecule has 3 aromatic carbocycles. The van der Waals surface area contributed by atoms with Crippen LogP contribution in [0.25, 0.3) is 6.08 Å². The molecule has 3 aliphatic rings. The average Bonchev–Trinajstić information content (AvgIpc) is 3.37. The Hall–Kier alpha value is -4.11. The summed E-state index contributed by atoms with van der Waals surface area (Å²) in [5.41, 5.74) is 1.67. The summed E-state index contributed by atoms with van der Waals surface area (Å²) < 4.78 is 0. The smallest absolute Gasteiger partial charge is 0.238 e. The number of para-hydroxylation sites is 2. The van der Waals surface area contributed by atoms with Gasteiger partial charge in [-0.05, 0) is 30.2 Å². The molecule has 0 aromatic heterocycles. The van der Waals surface area contributed by atoms with Crippen molar-refractivity contribution >= 4 is 40.6 Å². The molecular weight excluding hydrogens is 458 g/mol. The van der Waals surface area contributed by atoms with E-state index in [1.54, 1.807) is 12.1 Å². The average molecular weight is 482 g/mol. The number of quaternary nitrogens is 1. The Bertz CT molecular complexity index is 1460. The van der Waals surface area contributed by atoms with Crippen LogP contribution in [0.15, 0.2) is 78.9 Å². The summed E-state index contributed by atoms with van der Waals surface area (Å²) in [6.45, 7) is 1.44. The number of Topliss-reactive ketones (excluding diaryl/α,β-unsaturated/α-hetero) is 2. The molecule has 180 valence electrons. The van der Waals surface area contributed by atoms with Gasteiger partial charge in [-0.2, -0.15) is 5.23 Å². The standard InChI is InChI=1S/C28H23N3O5/c1-16(32)25-24(26(33)18-8-6-9-19(15-18)31(35)36)28(20-10-3-4-11-21(20)29-27(28)34)23-14-13-17-7-2-5-12-22(17)30(23)25/h2-15,23-25,31,35H,1H3,(H,29,34)/t23-,24+,25+,28+/m0/s1. The number of nitrogens with one attached hydrogen (secondary N) is 2. The van der Waals surface area contributed by atoms with Crippen LogP contribution >= 0.6 is 0 Å². The Morgan fingerprint density at radius 1 is 1.06 bits per heavy atom. The van der Waals surface area contributed by atoms with Crippen molar-refractivity contribution in [2.24, 2.45) is 5.92 Å². The highest BCUT2D eigenvalue weighted by molar-refractivity contribution is 6.16. The van der Waals surface area contributed by atoms with Gasteiger partial charge in [-0.1, -0.05) is 60.7 Å². The molecule has 3 aliphatic heterocycles. The van der Waals surface area contributed by atoms with Gasteiger partial charge < -0.3 is 15.4 Å². The first-order valence-electron chi connectivity index (χ1n) is 11.7. The van der Waals surface area contributed by atoms with Crippen LogP contribution in [0.1, 0.15) is 28.4 Å². The Morgan fingerprint density at radius 2 is 1.81 bits per heavy atom. The predicted octanol–water partition coefficient (Wildman–Crippen LogP) is 2.65. The zero-order valence-electron chi connectivity index (χ0n) is 19.3. The van der Waals surface area contributed by atoms with Crippen LogP contribution < -0.4 is 15.4 Å². The number of amides is 1. The molecule has 3 heterocycles. The van der Waals surface area contributed by atoms with Crippen LogP contribution in [0.2, 0.25) is 0 Å². The quantitative estimate of drug-likeness (QED) is 0.390. The number of benzene rings is 3. The molecule has 36 heavy (non-hydrogen) atoms. The molecule has 1 fully saturated rings. The van der Waals surface area contributed by atoms with E-state index >= 15 is 0 Å². The van der Waals surface area contributed by atoms with Crippen molar-refractivity contribution in [2.75, 3.05) is 10.2 Å². The molecule has 0 radical (unpaired) electrons. The van der Waals surface area contributed by atoms with Gasteiger partial charge in [0.05, 0.1) is 18.0 Å². The number of nitrogens with zero attached hydrogens (tertiary/aromatic N) is 1. The lowest BCUT2D eigenvalue weighted by Crippen LogP contribution is -2.99. The Kier molecular flexibility index (Phi) is 4.94. The number of hydrogen-bond donors (Lipinski definition) is 3. The number of carbonyl (C=O) groups is 3. The van der Waals surface area contributed by atoms with Crippen molar-refractivity contribution < 1.29 is 24.8 Å². The summed E-state index contributed by atoms with van der Waals surface area (Å²) in [5, 5.41) is 22.9. The summed E-state index contributed by atoms with van der Waals surface area (Å²) in [4.78, 5) is 43.6. The molecule has 5 atom stereocenters. The van der Waals surface area contributed by atoms with Crippen LogP contribution in [0.3, 0.4) is 0 Å². The monoisotopic (exact) mass is 481 g/mol. The SMILES string of the molecule is CC(=O)[C@@H]1[C@H](C(=O)c2cccc([NH+]([O-])O)c2)[C@]2(C(=O)Nc3ccccc32)[C@@H]2C=Cc3ccccc3N12. The van der Waals surface area contributed by atoms with E-state index in [4.69, 9.17) is 0 Å². The van der Waals surface area contributed by atoms with E-state index in [-0.39, 0.29) is 22.9 Å². The normalized spacial score (nSPS) is 26.2. The molecular formula is C28H23N3O5. The lowest BCUT2D eigenvalue weighted by atomic mass is 9.64. The third-order valence-electron chi connectivity index (χ3n) is 7.63. The van der Waals surface area contributed by atoms with E-state index in [0.717, 1.165) is 11.3 Å². The van der Waals surface area contributed by atoms with E-state index in [2.05, 4.69) is 5.32 Å². The van der Waals surface area contributed by atoms with Crippen LogP contribution in [0.5, 0.6) is 0 Å². The number of fused-ring (bicyclic) bond motifs is 6. The maximum Gasteiger partial charge on any atom is 0.238 e. The van der Waals surface area contributed by atoms with Crippen molar-refractivity contribution in [3.05, 3.63) is 101 Å². The molecule has 6 rings (SSSR count). The second-order valence-electron chi connectivity index (χ2n) is 9.42. The highest BCUT2D eigenvalue weighted by atomic mass is 16.8. The third-order valence-corrected chi connectivity index (χ3v) is 7.63. The second-order valence-corrected chi connectivity index (χ2v) is 9.42. The van der Waals surface area contributed by atoms with Gasteiger partial charge in [0.2, 0.25) is 5.91 Å². The summed E-state index contributed by atoms with van der Waals surface area (Å²) >= 11 is 0. The molecule has 8 nitrogen and oxygen atoms in total. The maximum absolute atomic E-state index is 14.3. The topological polar surface area (TPSA) is 114 Å². The predicted molar refractivity (Wildman–Crippen MR) is 133 cm³/mol. The molecule has 0 aliphatic carbocycles. The molecule has 1 unspecified atom stereocenters. The second kappa shape index (κ2) is 7.96. The fraction of sp³-hybridized carbons (Fsp3) is 0.179. The van der Waals surface area contributed by atoms with Gasteiger partial charge in [0.1, 0.15) is 5.41 Å². The molecule has 8 heteroatoms. The van der Waals surface area contributed by atoms with Crippen LogP contribution in [0.4, 0.5) is 17.1 Å². The third kappa shape index (κ3) is 2.89. The minimum absolute atomic E-state index is 0.0356. The number of ketones is 2. The van der Waals surface area contributed by atoms with Crippen molar-refractivity contribution in [1.29, 1.82) is 0 Å². The van der Waals surface area contributed by atoms with Gasteiger partial charge >= 0.3 is 0 Å². The van der Waals surface area contributed by atoms with Crippen molar-refractivity contribution in [3.63, 3.8) is 0 Å². The fourth-order valence-corrected chi connectivity index (χ4v) is 6.26. The highest BCUT2D eigenvalue weighted by Gasteiger charge is 2.69. The zero-order chi connectivity index (χ0) is 25.2. The minimum atomic E-state index is -1.38. The van der Waals surface area contributed by atoms with Crippen molar-refractivity contribution in [1.82, 2.24) is 0 Å². The van der Waals surface area contributed by atoms with E-state index in [1.807, 2.05) is 59.5 Å². The Morgan fingerprint density at radius 3 is 2.58 bits per heavy atom. The number of hydrogen-bond acceptors (Lipinski definition) is 6. The summed E-state index contributed by atoms with van der Waals surface area (Å²) in [5.74, 6) is -2.11. The van der Waals surface area contributed by atoms with Crippen molar-refractivity contribution in [3.8, 4) is 0 Å². The molecule has 0 bridgehead atoms. The first-order chi connectivity index (χ1) is 17.4. The maximum atomic E-state index is 14.3. The zero-order valence-corrected chi connectivity index (χ0v) is 19.3.